The van der Waals surface area contributed by atoms with Crippen molar-refractivity contribution in [1.82, 2.24) is 15.5 Å². The Hall–Kier alpha value is -3.06. The van der Waals surface area contributed by atoms with Gasteiger partial charge in [0, 0.05) is 30.9 Å². The molecule has 0 fully saturated rings. The maximum Gasteiger partial charge on any atom is 0.319 e. The van der Waals surface area contributed by atoms with Gasteiger partial charge in [0.15, 0.2) is 0 Å². The highest BCUT2D eigenvalue weighted by atomic mass is 16.5. The number of hydrogen-bond donors (Lipinski definition) is 3. The lowest BCUT2D eigenvalue weighted by Crippen LogP contribution is -2.28. The van der Waals surface area contributed by atoms with Gasteiger partial charge in [-0.25, -0.2) is 4.79 Å². The topological polar surface area (TPSA) is 82.7 Å². The summed E-state index contributed by atoms with van der Waals surface area (Å²) >= 11 is 0. The molecule has 0 radical (unpaired) electrons. The van der Waals surface area contributed by atoms with Gasteiger partial charge < -0.3 is 25.6 Å². The molecule has 3 N–H and O–H groups in total. The number of likely N-dealkylation sites (N-methyl/N-ethyl adjacent to an activating group) is 1. The molecule has 2 rings (SSSR count). The number of rotatable bonds is 9. The Bertz CT molecular complexity index is 837. The van der Waals surface area contributed by atoms with E-state index in [0.29, 0.717) is 30.9 Å². The van der Waals surface area contributed by atoms with Gasteiger partial charge in [-0.15, -0.1) is 0 Å². The molecular formula is C22H30N4O3. The van der Waals surface area contributed by atoms with E-state index in [0.717, 1.165) is 23.4 Å². The van der Waals surface area contributed by atoms with Gasteiger partial charge in [0.2, 0.25) is 0 Å². The summed E-state index contributed by atoms with van der Waals surface area (Å²) in [6, 6.07) is 12.5. The van der Waals surface area contributed by atoms with Crippen molar-refractivity contribution < 1.29 is 14.3 Å². The zero-order chi connectivity index (χ0) is 21.2. The van der Waals surface area contributed by atoms with Crippen LogP contribution in [0, 0.1) is 6.92 Å². The van der Waals surface area contributed by atoms with Crippen molar-refractivity contribution in [3.05, 3.63) is 59.2 Å². The Kier molecular flexibility index (Phi) is 8.48. The lowest BCUT2D eigenvalue weighted by Gasteiger charge is -2.13. The molecule has 3 amide bonds. The molecule has 0 saturated carbocycles. The minimum atomic E-state index is -0.308. The van der Waals surface area contributed by atoms with Crippen LogP contribution in [0.25, 0.3) is 0 Å². The number of anilines is 1. The highest BCUT2D eigenvalue weighted by Gasteiger charge is 2.09. The van der Waals surface area contributed by atoms with Crippen LogP contribution >= 0.6 is 0 Å². The summed E-state index contributed by atoms with van der Waals surface area (Å²) in [5, 5.41) is 8.42. The Morgan fingerprint density at radius 3 is 2.55 bits per heavy atom. The highest BCUT2D eigenvalue weighted by molar-refractivity contribution is 5.96. The molecule has 7 nitrogen and oxygen atoms in total. The van der Waals surface area contributed by atoms with Gasteiger partial charge in [-0.2, -0.15) is 0 Å². The molecule has 2 aromatic rings. The molecule has 0 aliphatic rings. The minimum absolute atomic E-state index is 0.126. The molecule has 156 valence electrons. The summed E-state index contributed by atoms with van der Waals surface area (Å²) < 4.78 is 5.72. The summed E-state index contributed by atoms with van der Waals surface area (Å²) in [5.41, 5.74) is 3.00. The van der Waals surface area contributed by atoms with Crippen LogP contribution in [0.1, 0.15) is 28.4 Å². The molecule has 0 saturated heterocycles. The predicted octanol–water partition coefficient (Wildman–Crippen LogP) is 3.01. The molecule has 0 aliphatic heterocycles. The van der Waals surface area contributed by atoms with Crippen LogP contribution in [-0.2, 0) is 6.54 Å². The minimum Gasteiger partial charge on any atom is -0.492 e. The van der Waals surface area contributed by atoms with Gasteiger partial charge in [-0.1, -0.05) is 12.1 Å². The van der Waals surface area contributed by atoms with Crippen molar-refractivity contribution in [2.75, 3.05) is 39.1 Å². The number of ether oxygens (including phenoxy) is 1. The fourth-order valence-corrected chi connectivity index (χ4v) is 2.65. The fourth-order valence-electron chi connectivity index (χ4n) is 2.65. The van der Waals surface area contributed by atoms with Crippen LogP contribution in [0.4, 0.5) is 10.5 Å². The number of carbonyl (C=O) groups is 2. The van der Waals surface area contributed by atoms with Crippen molar-refractivity contribution in [2.45, 2.75) is 20.4 Å². The molecular weight excluding hydrogens is 368 g/mol. The highest BCUT2D eigenvalue weighted by Crippen LogP contribution is 2.17. The molecule has 0 unspecified atom stereocenters. The van der Waals surface area contributed by atoms with Gasteiger partial charge in [0.25, 0.3) is 5.91 Å². The molecule has 0 aromatic heterocycles. The standard InChI is InChI=1S/C22H30N4O3/c1-5-23-21(27)18-9-10-20(16(2)13-18)25-22(28)24-15-17-7-6-8-19(14-17)29-12-11-26(3)4/h6-10,13-14H,5,11-12,15H2,1-4H3,(H,23,27)(H2,24,25,28). The first-order valence-electron chi connectivity index (χ1n) is 9.69. The number of aryl methyl sites for hydroxylation is 1. The van der Waals surface area contributed by atoms with E-state index in [9.17, 15) is 9.59 Å². The summed E-state index contributed by atoms with van der Waals surface area (Å²) in [7, 11) is 4.00. The number of hydrogen-bond acceptors (Lipinski definition) is 4. The van der Waals surface area contributed by atoms with E-state index in [1.54, 1.807) is 18.2 Å². The van der Waals surface area contributed by atoms with E-state index in [4.69, 9.17) is 4.74 Å². The van der Waals surface area contributed by atoms with E-state index >= 15 is 0 Å². The van der Waals surface area contributed by atoms with Crippen molar-refractivity contribution in [3.63, 3.8) is 0 Å². The predicted molar refractivity (Wildman–Crippen MR) is 116 cm³/mol. The van der Waals surface area contributed by atoms with Gasteiger partial charge in [-0.3, -0.25) is 4.79 Å². The second-order valence-electron chi connectivity index (χ2n) is 7.00. The van der Waals surface area contributed by atoms with E-state index in [1.165, 1.54) is 0 Å². The molecule has 0 bridgehead atoms. The average molecular weight is 399 g/mol. The number of amides is 3. The quantitative estimate of drug-likeness (QED) is 0.606. The van der Waals surface area contributed by atoms with Crippen molar-refractivity contribution in [1.29, 1.82) is 0 Å². The largest absolute Gasteiger partial charge is 0.492 e. The zero-order valence-electron chi connectivity index (χ0n) is 17.5. The van der Waals surface area contributed by atoms with E-state index in [2.05, 4.69) is 20.9 Å². The van der Waals surface area contributed by atoms with Crippen molar-refractivity contribution in [2.24, 2.45) is 0 Å². The van der Waals surface area contributed by atoms with Crippen LogP contribution in [0.3, 0.4) is 0 Å². The summed E-state index contributed by atoms with van der Waals surface area (Å²) in [6.07, 6.45) is 0. The smallest absolute Gasteiger partial charge is 0.319 e. The van der Waals surface area contributed by atoms with E-state index in [-0.39, 0.29) is 11.9 Å². The lowest BCUT2D eigenvalue weighted by atomic mass is 10.1. The third-order valence-electron chi connectivity index (χ3n) is 4.23. The van der Waals surface area contributed by atoms with Gasteiger partial charge in [0.05, 0.1) is 0 Å². The molecule has 0 heterocycles. The summed E-state index contributed by atoms with van der Waals surface area (Å²) in [4.78, 5) is 26.2. The molecule has 0 spiro atoms. The number of carbonyl (C=O) groups excluding carboxylic acids is 2. The first kappa shape index (κ1) is 22.2. The van der Waals surface area contributed by atoms with E-state index < -0.39 is 0 Å². The maximum absolute atomic E-state index is 12.3. The van der Waals surface area contributed by atoms with Gasteiger partial charge in [0.1, 0.15) is 12.4 Å². The molecule has 0 aliphatic carbocycles. The summed E-state index contributed by atoms with van der Waals surface area (Å²) in [6.45, 7) is 6.12. The van der Waals surface area contributed by atoms with Crippen LogP contribution in [0.15, 0.2) is 42.5 Å². The average Bonchev–Trinajstić information content (AvgIpc) is 2.68. The van der Waals surface area contributed by atoms with Crippen LogP contribution < -0.4 is 20.7 Å². The Morgan fingerprint density at radius 2 is 1.86 bits per heavy atom. The van der Waals surface area contributed by atoms with E-state index in [1.807, 2.05) is 52.2 Å². The molecule has 29 heavy (non-hydrogen) atoms. The molecule has 7 heteroatoms. The number of nitrogens with one attached hydrogen (secondary N) is 3. The first-order valence-corrected chi connectivity index (χ1v) is 9.69. The van der Waals surface area contributed by atoms with Gasteiger partial charge in [-0.05, 0) is 69.4 Å². The molecule has 0 atom stereocenters. The maximum atomic E-state index is 12.3. The van der Waals surface area contributed by atoms with Crippen LogP contribution in [0.2, 0.25) is 0 Å². The molecule has 2 aromatic carbocycles. The Labute approximate surface area is 172 Å². The first-order chi connectivity index (χ1) is 13.9. The number of nitrogens with zero attached hydrogens (tertiary/aromatic N) is 1. The van der Waals surface area contributed by atoms with Crippen molar-refractivity contribution in [3.8, 4) is 5.75 Å². The second-order valence-corrected chi connectivity index (χ2v) is 7.00. The fraction of sp³-hybridized carbons (Fsp3) is 0.364. The SMILES string of the molecule is CCNC(=O)c1ccc(NC(=O)NCc2cccc(OCCN(C)C)c2)c(C)c1. The number of urea groups is 1. The third-order valence-corrected chi connectivity index (χ3v) is 4.23. The lowest BCUT2D eigenvalue weighted by molar-refractivity contribution is 0.0955. The zero-order valence-corrected chi connectivity index (χ0v) is 17.5. The number of benzene rings is 2. The van der Waals surface area contributed by atoms with Crippen molar-refractivity contribution >= 4 is 17.6 Å². The Balaban J connectivity index is 1.87. The monoisotopic (exact) mass is 398 g/mol. The Morgan fingerprint density at radius 1 is 1.07 bits per heavy atom. The third kappa shape index (κ3) is 7.46. The second kappa shape index (κ2) is 11.1. The normalized spacial score (nSPS) is 10.5. The summed E-state index contributed by atoms with van der Waals surface area (Å²) in [5.74, 6) is 0.655. The van der Waals surface area contributed by atoms with Crippen LogP contribution in [-0.4, -0.2) is 50.6 Å². The van der Waals surface area contributed by atoms with Gasteiger partial charge >= 0.3 is 6.03 Å². The van der Waals surface area contributed by atoms with Crippen LogP contribution in [0.5, 0.6) is 5.75 Å².